The van der Waals surface area contributed by atoms with E-state index in [1.807, 2.05) is 0 Å². The van der Waals surface area contributed by atoms with Crippen molar-refractivity contribution in [1.29, 1.82) is 0 Å². The minimum absolute atomic E-state index is 0.0790. The Morgan fingerprint density at radius 3 is 1.84 bits per heavy atom. The Balaban J connectivity index is 1.06. The Hall–Kier alpha value is -0.240. The van der Waals surface area contributed by atoms with Crippen LogP contribution < -0.4 is 0 Å². The van der Waals surface area contributed by atoms with E-state index in [9.17, 15) is 0 Å². The van der Waals surface area contributed by atoms with Crippen LogP contribution in [-0.4, -0.2) is 57.0 Å². The highest BCUT2D eigenvalue weighted by molar-refractivity contribution is 5.03. The van der Waals surface area contributed by atoms with Crippen LogP contribution in [0.25, 0.3) is 0 Å². The topological polar surface area (TPSA) is 62.0 Å². The summed E-state index contributed by atoms with van der Waals surface area (Å²) >= 11 is 0. The predicted octanol–water partition coefficient (Wildman–Crippen LogP) is 2.06. The van der Waals surface area contributed by atoms with Gasteiger partial charge in [-0.2, -0.15) is 0 Å². The fourth-order valence-electron chi connectivity index (χ4n) is 5.65. The highest BCUT2D eigenvalue weighted by Crippen LogP contribution is 2.53. The second kappa shape index (κ2) is 5.40. The van der Waals surface area contributed by atoms with Gasteiger partial charge in [-0.15, -0.1) is 0 Å². The van der Waals surface area contributed by atoms with Crippen molar-refractivity contribution in [3.8, 4) is 0 Å². The van der Waals surface area contributed by atoms with Crippen molar-refractivity contribution in [2.75, 3.05) is 26.4 Å². The quantitative estimate of drug-likeness (QED) is 0.725. The van der Waals surface area contributed by atoms with E-state index in [1.165, 1.54) is 0 Å². The smallest absolute Gasteiger partial charge is 0.370 e. The number of hydrogen-bond acceptors (Lipinski definition) is 6. The molecule has 0 radical (unpaired) electrons. The molecule has 4 heterocycles. The molecule has 6 heteroatoms. The first-order valence-corrected chi connectivity index (χ1v) is 10.1. The summed E-state index contributed by atoms with van der Waals surface area (Å²) in [6.45, 7) is 4.86. The molecule has 2 aliphatic carbocycles. The van der Waals surface area contributed by atoms with Crippen molar-refractivity contribution in [2.45, 2.75) is 69.6 Å². The van der Waals surface area contributed by atoms with Crippen molar-refractivity contribution in [3.05, 3.63) is 0 Å². The van der Waals surface area contributed by atoms with Gasteiger partial charge >= 0.3 is 6.16 Å². The van der Waals surface area contributed by atoms with E-state index in [-0.39, 0.29) is 5.41 Å². The van der Waals surface area contributed by atoms with Crippen molar-refractivity contribution in [2.24, 2.45) is 23.2 Å². The van der Waals surface area contributed by atoms with Gasteiger partial charge in [0, 0.05) is 11.3 Å². The molecule has 6 nitrogen and oxygen atoms in total. The Morgan fingerprint density at radius 2 is 1.28 bits per heavy atom. The van der Waals surface area contributed by atoms with E-state index >= 15 is 0 Å². The zero-order valence-electron chi connectivity index (χ0n) is 14.9. The molecule has 4 atom stereocenters. The van der Waals surface area contributed by atoms with Crippen LogP contribution in [0.4, 0.5) is 0 Å². The fraction of sp³-hybridized carbons (Fsp3) is 1.00. The van der Waals surface area contributed by atoms with Crippen LogP contribution in [0.5, 0.6) is 0 Å². The first-order chi connectivity index (χ1) is 12.2. The summed E-state index contributed by atoms with van der Waals surface area (Å²) in [5.74, 6) is 1.72. The van der Waals surface area contributed by atoms with Crippen molar-refractivity contribution < 1.29 is 28.4 Å². The molecule has 1 spiro atoms. The summed E-state index contributed by atoms with van der Waals surface area (Å²) in [6, 6.07) is 0. The summed E-state index contributed by atoms with van der Waals surface area (Å²) < 4.78 is 35.3. The number of ether oxygens (including phenoxy) is 6. The van der Waals surface area contributed by atoms with Crippen LogP contribution in [0.2, 0.25) is 0 Å². The Kier molecular flexibility index (Phi) is 3.41. The number of fused-ring (bicyclic) bond motifs is 2. The van der Waals surface area contributed by atoms with E-state index in [2.05, 4.69) is 6.92 Å². The highest BCUT2D eigenvalue weighted by atomic mass is 17.0. The molecule has 4 saturated heterocycles. The lowest BCUT2D eigenvalue weighted by molar-refractivity contribution is -0.544. The lowest BCUT2D eigenvalue weighted by Crippen LogP contribution is -2.58. The lowest BCUT2D eigenvalue weighted by Gasteiger charge is -2.49. The lowest BCUT2D eigenvalue weighted by atomic mass is 9.73. The van der Waals surface area contributed by atoms with Gasteiger partial charge in [-0.25, -0.2) is 0 Å². The summed E-state index contributed by atoms with van der Waals surface area (Å²) in [4.78, 5) is 0. The third kappa shape index (κ3) is 2.52. The molecule has 2 saturated carbocycles. The first kappa shape index (κ1) is 15.8. The van der Waals surface area contributed by atoms with E-state index in [0.29, 0.717) is 68.6 Å². The zero-order chi connectivity index (χ0) is 16.6. The molecule has 140 valence electrons. The monoisotopic (exact) mass is 352 g/mol. The van der Waals surface area contributed by atoms with E-state index in [1.54, 1.807) is 0 Å². The van der Waals surface area contributed by atoms with Gasteiger partial charge in [0.15, 0.2) is 0 Å². The van der Waals surface area contributed by atoms with E-state index in [4.69, 9.17) is 28.4 Å². The first-order valence-electron chi connectivity index (χ1n) is 10.1. The Bertz CT molecular complexity index is 514. The van der Waals surface area contributed by atoms with Crippen molar-refractivity contribution in [3.63, 3.8) is 0 Å². The van der Waals surface area contributed by atoms with Gasteiger partial charge in [0.2, 0.25) is 0 Å². The average molecular weight is 352 g/mol. The van der Waals surface area contributed by atoms with Gasteiger partial charge < -0.3 is 28.4 Å². The van der Waals surface area contributed by atoms with Gasteiger partial charge in [-0.1, -0.05) is 6.92 Å². The molecular weight excluding hydrogens is 324 g/mol. The van der Waals surface area contributed by atoms with E-state index < -0.39 is 6.16 Å². The average Bonchev–Trinajstić information content (AvgIpc) is 3.49. The molecule has 25 heavy (non-hydrogen) atoms. The molecule has 0 aromatic rings. The van der Waals surface area contributed by atoms with Gasteiger partial charge in [-0.05, 0) is 43.9 Å². The third-order valence-corrected chi connectivity index (χ3v) is 7.74. The molecule has 4 aliphatic heterocycles. The Labute approximate surface area is 148 Å². The number of rotatable bonds is 3. The second-order valence-electron chi connectivity index (χ2n) is 9.00. The maximum Gasteiger partial charge on any atom is 0.412 e. The molecule has 6 aliphatic rings. The van der Waals surface area contributed by atoms with Crippen LogP contribution in [0.3, 0.4) is 0 Å². The van der Waals surface area contributed by atoms with Crippen molar-refractivity contribution in [1.82, 2.24) is 0 Å². The van der Waals surface area contributed by atoms with Crippen LogP contribution in [0.15, 0.2) is 0 Å². The molecule has 6 fully saturated rings. The molecule has 0 aromatic heterocycles. The van der Waals surface area contributed by atoms with Crippen LogP contribution in [0.1, 0.15) is 39.0 Å². The largest absolute Gasteiger partial charge is 0.412 e. The summed E-state index contributed by atoms with van der Waals surface area (Å²) in [5.41, 5.74) is 0.0790. The normalized spacial score (nSPS) is 59.6. The zero-order valence-corrected chi connectivity index (χ0v) is 14.9. The molecule has 0 aromatic carbocycles. The second-order valence-corrected chi connectivity index (χ2v) is 9.00. The standard InChI is InChI=1S/C19H28O6/c1-2-18(13-5-16-17(6-13)25-16)9-22-19(23-10-18)20-7-12(8-21-19)11-3-14-15(4-11)24-14/h11-17H,2-10H2,1H3. The SMILES string of the molecule is CCC1(C2CC3OC3C2)COC2(OCC(C3CC4OC4C3)CO2)OC1. The molecule has 4 unspecified atom stereocenters. The third-order valence-electron chi connectivity index (χ3n) is 7.74. The minimum atomic E-state index is -1.26. The molecule has 0 N–H and O–H groups in total. The van der Waals surface area contributed by atoms with Gasteiger partial charge in [0.25, 0.3) is 0 Å². The van der Waals surface area contributed by atoms with Crippen LogP contribution >= 0.6 is 0 Å². The van der Waals surface area contributed by atoms with Crippen LogP contribution in [-0.2, 0) is 28.4 Å². The van der Waals surface area contributed by atoms with Crippen LogP contribution in [0, 0.1) is 23.2 Å². The summed E-state index contributed by atoms with van der Waals surface area (Å²) in [5, 5.41) is 0. The van der Waals surface area contributed by atoms with Gasteiger partial charge in [0.1, 0.15) is 0 Å². The number of hydrogen-bond donors (Lipinski definition) is 0. The molecular formula is C19H28O6. The molecule has 6 rings (SSSR count). The number of epoxide rings is 2. The molecule has 0 bridgehead atoms. The predicted molar refractivity (Wildman–Crippen MR) is 85.5 cm³/mol. The van der Waals surface area contributed by atoms with E-state index in [0.717, 1.165) is 32.1 Å². The maximum atomic E-state index is 6.08. The maximum absolute atomic E-state index is 6.08. The van der Waals surface area contributed by atoms with Crippen molar-refractivity contribution >= 4 is 0 Å². The highest BCUT2D eigenvalue weighted by Gasteiger charge is 2.59. The van der Waals surface area contributed by atoms with Gasteiger partial charge in [-0.3, -0.25) is 0 Å². The summed E-state index contributed by atoms with van der Waals surface area (Å²) in [6.07, 6.45) is 6.41. The Morgan fingerprint density at radius 1 is 0.720 bits per heavy atom. The molecule has 0 amide bonds. The summed E-state index contributed by atoms with van der Waals surface area (Å²) in [7, 11) is 0. The fourth-order valence-corrected chi connectivity index (χ4v) is 5.65. The van der Waals surface area contributed by atoms with Gasteiger partial charge in [0.05, 0.1) is 50.8 Å². The minimum Gasteiger partial charge on any atom is -0.370 e.